The van der Waals surface area contributed by atoms with E-state index >= 15 is 0 Å². The van der Waals surface area contributed by atoms with Crippen molar-refractivity contribution in [3.8, 4) is 0 Å². The van der Waals surface area contributed by atoms with E-state index in [1.807, 2.05) is 0 Å². The fraction of sp³-hybridized carbons (Fsp3) is 0.714. The van der Waals surface area contributed by atoms with Crippen molar-refractivity contribution in [1.82, 2.24) is 4.90 Å². The Kier molecular flexibility index (Phi) is 4.80. The first-order valence-corrected chi connectivity index (χ1v) is 6.89. The van der Waals surface area contributed by atoms with Crippen LogP contribution < -0.4 is 5.73 Å². The van der Waals surface area contributed by atoms with Gasteiger partial charge in [0.05, 0.1) is 12.1 Å². The normalized spacial score (nSPS) is 23.8. The summed E-state index contributed by atoms with van der Waals surface area (Å²) in [5.74, 6) is 2.02. The fourth-order valence-electron chi connectivity index (χ4n) is 2.52. The van der Waals surface area contributed by atoms with Crippen LogP contribution in [0.3, 0.4) is 0 Å². The van der Waals surface area contributed by atoms with E-state index in [-0.39, 0.29) is 12.1 Å². The molecule has 1 saturated heterocycles. The molecule has 0 radical (unpaired) electrons. The summed E-state index contributed by atoms with van der Waals surface area (Å²) in [5, 5.41) is 0. The average Bonchev–Trinajstić information content (AvgIpc) is 2.73. The number of nitrogens with two attached hydrogens (primary N) is 1. The first-order chi connectivity index (χ1) is 8.74. The molecule has 0 aromatic carbocycles. The van der Waals surface area contributed by atoms with Gasteiger partial charge in [0, 0.05) is 32.7 Å². The van der Waals surface area contributed by atoms with Gasteiger partial charge in [-0.15, -0.1) is 0 Å². The maximum Gasteiger partial charge on any atom is 0.122 e. The zero-order chi connectivity index (χ0) is 13.0. The van der Waals surface area contributed by atoms with Crippen LogP contribution in [0.15, 0.2) is 16.5 Å². The molecular weight excluding hydrogens is 228 g/mol. The molecule has 4 nitrogen and oxygen atoms in total. The summed E-state index contributed by atoms with van der Waals surface area (Å²) in [6.45, 7) is 7.59. The van der Waals surface area contributed by atoms with E-state index in [4.69, 9.17) is 14.9 Å². The maximum atomic E-state index is 5.94. The smallest absolute Gasteiger partial charge is 0.122 e. The summed E-state index contributed by atoms with van der Waals surface area (Å²) in [6, 6.07) is 4.29. The van der Waals surface area contributed by atoms with Crippen LogP contribution in [0.4, 0.5) is 0 Å². The number of nitrogens with zero attached hydrogens (tertiary/aromatic N) is 1. The Balaban J connectivity index is 2.11. The number of rotatable bonds is 4. The van der Waals surface area contributed by atoms with Crippen LogP contribution in [0.5, 0.6) is 0 Å². The molecule has 102 valence electrons. The van der Waals surface area contributed by atoms with Gasteiger partial charge in [0.15, 0.2) is 0 Å². The molecule has 0 bridgehead atoms. The highest BCUT2D eigenvalue weighted by molar-refractivity contribution is 5.11. The molecule has 2 atom stereocenters. The molecule has 4 heteroatoms. The third-order valence-electron chi connectivity index (χ3n) is 3.51. The van der Waals surface area contributed by atoms with E-state index < -0.39 is 0 Å². The molecule has 0 spiro atoms. The predicted octanol–water partition coefficient (Wildman–Crippen LogP) is 1.95. The second kappa shape index (κ2) is 6.36. The van der Waals surface area contributed by atoms with Crippen molar-refractivity contribution < 1.29 is 9.15 Å². The standard InChI is InChI=1S/C14H24N2O2/c1-3-12-5-6-14(18-12)13(9-15)16-7-4-8-17-11(2)10-16/h5-6,11,13H,3-4,7-10,15H2,1-2H3. The quantitative estimate of drug-likeness (QED) is 0.890. The van der Waals surface area contributed by atoms with Crippen LogP contribution >= 0.6 is 0 Å². The van der Waals surface area contributed by atoms with E-state index in [1.54, 1.807) is 0 Å². The Labute approximate surface area is 109 Å². The first kappa shape index (κ1) is 13.6. The van der Waals surface area contributed by atoms with Crippen molar-refractivity contribution in [2.75, 3.05) is 26.2 Å². The van der Waals surface area contributed by atoms with Gasteiger partial charge in [-0.1, -0.05) is 6.92 Å². The molecular formula is C14H24N2O2. The van der Waals surface area contributed by atoms with Gasteiger partial charge >= 0.3 is 0 Å². The maximum absolute atomic E-state index is 5.94. The van der Waals surface area contributed by atoms with Gasteiger partial charge < -0.3 is 14.9 Å². The van der Waals surface area contributed by atoms with E-state index in [0.717, 1.165) is 44.1 Å². The Morgan fingerprint density at radius 2 is 2.33 bits per heavy atom. The Morgan fingerprint density at radius 1 is 1.50 bits per heavy atom. The lowest BCUT2D eigenvalue weighted by atomic mass is 10.1. The molecule has 0 saturated carbocycles. The second-order valence-electron chi connectivity index (χ2n) is 4.94. The Bertz CT molecular complexity index is 364. The lowest BCUT2D eigenvalue weighted by Gasteiger charge is -2.29. The molecule has 1 aliphatic rings. The molecule has 1 aromatic heterocycles. The largest absolute Gasteiger partial charge is 0.464 e. The highest BCUT2D eigenvalue weighted by atomic mass is 16.5. The molecule has 2 unspecified atom stereocenters. The SMILES string of the molecule is CCc1ccc(C(CN)N2CCCOC(C)C2)o1. The summed E-state index contributed by atoms with van der Waals surface area (Å²) in [6.07, 6.45) is 2.25. The third-order valence-corrected chi connectivity index (χ3v) is 3.51. The summed E-state index contributed by atoms with van der Waals surface area (Å²) < 4.78 is 11.5. The molecule has 1 aromatic rings. The molecule has 2 heterocycles. The van der Waals surface area contributed by atoms with Gasteiger partial charge in [0.1, 0.15) is 11.5 Å². The lowest BCUT2D eigenvalue weighted by Crippen LogP contribution is -2.37. The second-order valence-corrected chi connectivity index (χ2v) is 4.94. The lowest BCUT2D eigenvalue weighted by molar-refractivity contribution is 0.0590. The fourth-order valence-corrected chi connectivity index (χ4v) is 2.52. The number of aryl methyl sites for hydroxylation is 1. The van der Waals surface area contributed by atoms with Gasteiger partial charge in [-0.05, 0) is 25.5 Å². The molecule has 0 amide bonds. The van der Waals surface area contributed by atoms with E-state index in [0.29, 0.717) is 6.54 Å². The highest BCUT2D eigenvalue weighted by Gasteiger charge is 2.25. The van der Waals surface area contributed by atoms with Crippen LogP contribution in [0, 0.1) is 0 Å². The Hall–Kier alpha value is -0.840. The summed E-state index contributed by atoms with van der Waals surface area (Å²) >= 11 is 0. The van der Waals surface area contributed by atoms with E-state index in [1.165, 1.54) is 0 Å². The van der Waals surface area contributed by atoms with Crippen LogP contribution in [0.2, 0.25) is 0 Å². The van der Waals surface area contributed by atoms with Crippen molar-refractivity contribution in [3.63, 3.8) is 0 Å². The van der Waals surface area contributed by atoms with Crippen LogP contribution in [0.1, 0.15) is 37.8 Å². The zero-order valence-electron chi connectivity index (χ0n) is 11.4. The van der Waals surface area contributed by atoms with Gasteiger partial charge in [-0.25, -0.2) is 0 Å². The molecule has 2 rings (SSSR count). The Morgan fingerprint density at radius 3 is 3.00 bits per heavy atom. The van der Waals surface area contributed by atoms with Crippen LogP contribution in [-0.4, -0.2) is 37.2 Å². The summed E-state index contributed by atoms with van der Waals surface area (Å²) in [5.41, 5.74) is 5.94. The van der Waals surface area contributed by atoms with Crippen molar-refractivity contribution in [2.24, 2.45) is 5.73 Å². The number of hydrogen-bond acceptors (Lipinski definition) is 4. The van der Waals surface area contributed by atoms with Crippen molar-refractivity contribution in [2.45, 2.75) is 38.8 Å². The van der Waals surface area contributed by atoms with Gasteiger partial charge in [0.25, 0.3) is 0 Å². The molecule has 18 heavy (non-hydrogen) atoms. The van der Waals surface area contributed by atoms with Crippen molar-refractivity contribution in [1.29, 1.82) is 0 Å². The number of ether oxygens (including phenoxy) is 1. The zero-order valence-corrected chi connectivity index (χ0v) is 11.4. The molecule has 1 aliphatic heterocycles. The molecule has 2 N–H and O–H groups in total. The predicted molar refractivity (Wildman–Crippen MR) is 71.5 cm³/mol. The highest BCUT2D eigenvalue weighted by Crippen LogP contribution is 2.24. The summed E-state index contributed by atoms with van der Waals surface area (Å²) in [4.78, 5) is 2.38. The minimum Gasteiger partial charge on any atom is -0.464 e. The van der Waals surface area contributed by atoms with Gasteiger partial charge in [0.2, 0.25) is 0 Å². The van der Waals surface area contributed by atoms with Crippen molar-refractivity contribution in [3.05, 3.63) is 23.7 Å². The van der Waals surface area contributed by atoms with Crippen molar-refractivity contribution >= 4 is 0 Å². The minimum atomic E-state index is 0.175. The monoisotopic (exact) mass is 252 g/mol. The van der Waals surface area contributed by atoms with Crippen LogP contribution in [0.25, 0.3) is 0 Å². The van der Waals surface area contributed by atoms with E-state index in [9.17, 15) is 0 Å². The molecule has 0 aliphatic carbocycles. The first-order valence-electron chi connectivity index (χ1n) is 6.89. The molecule has 1 fully saturated rings. The van der Waals surface area contributed by atoms with Gasteiger partial charge in [-0.3, -0.25) is 4.90 Å². The van der Waals surface area contributed by atoms with E-state index in [2.05, 4.69) is 30.9 Å². The third kappa shape index (κ3) is 3.13. The number of hydrogen-bond donors (Lipinski definition) is 1. The summed E-state index contributed by atoms with van der Waals surface area (Å²) in [7, 11) is 0. The minimum absolute atomic E-state index is 0.175. The van der Waals surface area contributed by atoms with Gasteiger partial charge in [-0.2, -0.15) is 0 Å². The topological polar surface area (TPSA) is 51.6 Å². The van der Waals surface area contributed by atoms with Crippen LogP contribution in [-0.2, 0) is 11.2 Å². The number of furan rings is 1. The average molecular weight is 252 g/mol.